The molecular weight excluding hydrogens is 254 g/mol. The number of alkyl halides is 2. The maximum absolute atomic E-state index is 11.9. The fourth-order valence-electron chi connectivity index (χ4n) is 2.27. The van der Waals surface area contributed by atoms with E-state index in [9.17, 15) is 8.78 Å². The first-order chi connectivity index (χ1) is 9.15. The van der Waals surface area contributed by atoms with Crippen LogP contribution in [0.4, 0.5) is 14.7 Å². The van der Waals surface area contributed by atoms with E-state index in [1.165, 1.54) is 12.8 Å². The molecule has 1 saturated carbocycles. The molecule has 2 N–H and O–H groups in total. The number of hydrogen-bond acceptors (Lipinski definition) is 5. The van der Waals surface area contributed by atoms with E-state index in [4.69, 9.17) is 10.5 Å². The number of nitrogens with zero attached hydrogens (tertiary/aromatic N) is 3. The third-order valence-corrected chi connectivity index (χ3v) is 3.15. The van der Waals surface area contributed by atoms with Gasteiger partial charge >= 0.3 is 0 Å². The minimum Gasteiger partial charge on any atom is -0.375 e. The van der Waals surface area contributed by atoms with Crippen molar-refractivity contribution in [3.8, 4) is 0 Å². The number of nitrogen functional groups attached to an aromatic ring is 1. The Morgan fingerprint density at radius 1 is 1.21 bits per heavy atom. The van der Waals surface area contributed by atoms with Gasteiger partial charge in [0.05, 0.1) is 6.61 Å². The molecule has 0 aliphatic heterocycles. The molecule has 1 aliphatic carbocycles. The lowest BCUT2D eigenvalue weighted by Gasteiger charge is -2.09. The Labute approximate surface area is 110 Å². The van der Waals surface area contributed by atoms with Crippen molar-refractivity contribution in [2.24, 2.45) is 0 Å². The van der Waals surface area contributed by atoms with E-state index in [2.05, 4.69) is 15.0 Å². The van der Waals surface area contributed by atoms with Crippen molar-refractivity contribution in [3.05, 3.63) is 11.6 Å². The van der Waals surface area contributed by atoms with Crippen LogP contribution in [0.3, 0.4) is 0 Å². The van der Waals surface area contributed by atoms with Crippen LogP contribution in [0.5, 0.6) is 0 Å². The maximum Gasteiger partial charge on any atom is 0.261 e. The number of halogens is 2. The van der Waals surface area contributed by atoms with E-state index < -0.39 is 13.0 Å². The third kappa shape index (κ3) is 4.34. The van der Waals surface area contributed by atoms with E-state index >= 15 is 0 Å². The van der Waals surface area contributed by atoms with Crippen LogP contribution in [0.2, 0.25) is 0 Å². The fraction of sp³-hybridized carbons (Fsp3) is 0.750. The Morgan fingerprint density at radius 2 is 1.95 bits per heavy atom. The van der Waals surface area contributed by atoms with Gasteiger partial charge in [0.15, 0.2) is 0 Å². The minimum absolute atomic E-state index is 0.165. The van der Waals surface area contributed by atoms with Crippen LogP contribution in [-0.2, 0) is 11.2 Å². The van der Waals surface area contributed by atoms with Gasteiger partial charge in [0, 0.05) is 12.3 Å². The molecule has 0 amide bonds. The number of anilines is 1. The van der Waals surface area contributed by atoms with Gasteiger partial charge < -0.3 is 10.5 Å². The number of aromatic nitrogens is 3. The lowest BCUT2D eigenvalue weighted by molar-refractivity contribution is 0.0182. The molecule has 19 heavy (non-hydrogen) atoms. The van der Waals surface area contributed by atoms with E-state index in [-0.39, 0.29) is 12.6 Å². The average Bonchev–Trinajstić information content (AvgIpc) is 2.87. The number of ether oxygens (including phenoxy) is 1. The molecule has 1 heterocycles. The lowest BCUT2D eigenvalue weighted by Crippen LogP contribution is -2.13. The van der Waals surface area contributed by atoms with Crippen LogP contribution in [0.15, 0.2) is 0 Å². The molecule has 0 unspecified atom stereocenters. The summed E-state index contributed by atoms with van der Waals surface area (Å²) in [4.78, 5) is 12.5. The molecule has 1 fully saturated rings. The zero-order valence-electron chi connectivity index (χ0n) is 10.7. The van der Waals surface area contributed by atoms with Crippen molar-refractivity contribution < 1.29 is 13.5 Å². The van der Waals surface area contributed by atoms with Crippen molar-refractivity contribution in [2.45, 2.75) is 44.4 Å². The zero-order chi connectivity index (χ0) is 13.7. The smallest absolute Gasteiger partial charge is 0.261 e. The Hall–Kier alpha value is -1.37. The van der Waals surface area contributed by atoms with Gasteiger partial charge in [0.2, 0.25) is 5.95 Å². The zero-order valence-corrected chi connectivity index (χ0v) is 10.7. The SMILES string of the molecule is Nc1nc(CCOCC(F)F)nc(C2CCCC2)n1. The molecule has 0 saturated heterocycles. The quantitative estimate of drug-likeness (QED) is 0.801. The summed E-state index contributed by atoms with van der Waals surface area (Å²) in [6, 6.07) is 0. The second kappa shape index (κ2) is 6.70. The molecule has 1 aromatic heterocycles. The fourth-order valence-corrected chi connectivity index (χ4v) is 2.27. The highest BCUT2D eigenvalue weighted by Gasteiger charge is 2.21. The summed E-state index contributed by atoms with van der Waals surface area (Å²) in [5.74, 6) is 1.80. The first kappa shape index (κ1) is 14.0. The molecule has 106 valence electrons. The van der Waals surface area contributed by atoms with Gasteiger partial charge in [0.25, 0.3) is 6.43 Å². The molecule has 2 rings (SSSR count). The van der Waals surface area contributed by atoms with E-state index in [1.54, 1.807) is 0 Å². The first-order valence-electron chi connectivity index (χ1n) is 6.51. The summed E-state index contributed by atoms with van der Waals surface area (Å²) < 4.78 is 28.6. The van der Waals surface area contributed by atoms with Gasteiger partial charge in [-0.05, 0) is 12.8 Å². The van der Waals surface area contributed by atoms with Crippen molar-refractivity contribution in [2.75, 3.05) is 18.9 Å². The third-order valence-electron chi connectivity index (χ3n) is 3.15. The van der Waals surface area contributed by atoms with Crippen LogP contribution in [0, 0.1) is 0 Å². The van der Waals surface area contributed by atoms with E-state index in [0.29, 0.717) is 18.2 Å². The van der Waals surface area contributed by atoms with Gasteiger partial charge in [-0.15, -0.1) is 0 Å². The lowest BCUT2D eigenvalue weighted by atomic mass is 10.1. The maximum atomic E-state index is 11.9. The van der Waals surface area contributed by atoms with Crippen LogP contribution < -0.4 is 5.73 Å². The summed E-state index contributed by atoms with van der Waals surface area (Å²) >= 11 is 0. The van der Waals surface area contributed by atoms with Gasteiger partial charge in [-0.25, -0.2) is 13.8 Å². The molecule has 0 aromatic carbocycles. The summed E-state index contributed by atoms with van der Waals surface area (Å²) in [5.41, 5.74) is 5.66. The standard InChI is InChI=1S/C12H18F2N4O/c13-9(14)7-19-6-5-10-16-11(18-12(15)17-10)8-3-1-2-4-8/h8-9H,1-7H2,(H2,15,16,17,18). The molecule has 0 spiro atoms. The van der Waals surface area contributed by atoms with Crippen molar-refractivity contribution in [3.63, 3.8) is 0 Å². The Bertz CT molecular complexity index is 411. The predicted molar refractivity (Wildman–Crippen MR) is 66.0 cm³/mol. The number of rotatable bonds is 6. The highest BCUT2D eigenvalue weighted by molar-refractivity contribution is 5.18. The first-order valence-corrected chi connectivity index (χ1v) is 6.51. The highest BCUT2D eigenvalue weighted by atomic mass is 19.3. The average molecular weight is 272 g/mol. The molecule has 5 nitrogen and oxygen atoms in total. The molecule has 1 aliphatic rings. The van der Waals surface area contributed by atoms with Crippen molar-refractivity contribution in [1.29, 1.82) is 0 Å². The van der Waals surface area contributed by atoms with Crippen molar-refractivity contribution in [1.82, 2.24) is 15.0 Å². The minimum atomic E-state index is -2.45. The molecule has 7 heteroatoms. The number of hydrogen-bond donors (Lipinski definition) is 1. The molecule has 0 atom stereocenters. The van der Waals surface area contributed by atoms with E-state index in [1.807, 2.05) is 0 Å². The van der Waals surface area contributed by atoms with E-state index in [0.717, 1.165) is 18.7 Å². The Kier molecular flexibility index (Phi) is 4.95. The van der Waals surface area contributed by atoms with Gasteiger partial charge in [-0.3, -0.25) is 0 Å². The van der Waals surface area contributed by atoms with Crippen LogP contribution in [0.1, 0.15) is 43.3 Å². The monoisotopic (exact) mass is 272 g/mol. The summed E-state index contributed by atoms with van der Waals surface area (Å²) in [6.07, 6.45) is 2.44. The van der Waals surface area contributed by atoms with Gasteiger partial charge in [0.1, 0.15) is 18.3 Å². The summed E-state index contributed by atoms with van der Waals surface area (Å²) in [7, 11) is 0. The molecule has 1 aromatic rings. The normalized spacial score (nSPS) is 16.4. The van der Waals surface area contributed by atoms with Gasteiger partial charge in [-0.2, -0.15) is 9.97 Å². The predicted octanol–water partition coefficient (Wildman–Crippen LogP) is 1.94. The highest BCUT2D eigenvalue weighted by Crippen LogP contribution is 2.32. The second-order valence-corrected chi connectivity index (χ2v) is 4.67. The van der Waals surface area contributed by atoms with Gasteiger partial charge in [-0.1, -0.05) is 12.8 Å². The van der Waals surface area contributed by atoms with Crippen LogP contribution >= 0.6 is 0 Å². The topological polar surface area (TPSA) is 73.9 Å². The molecule has 0 radical (unpaired) electrons. The van der Waals surface area contributed by atoms with Crippen LogP contribution in [0.25, 0.3) is 0 Å². The Balaban J connectivity index is 1.92. The number of nitrogens with two attached hydrogens (primary N) is 1. The molecule has 0 bridgehead atoms. The Morgan fingerprint density at radius 3 is 2.63 bits per heavy atom. The largest absolute Gasteiger partial charge is 0.375 e. The van der Waals surface area contributed by atoms with Crippen LogP contribution in [-0.4, -0.2) is 34.6 Å². The summed E-state index contributed by atoms with van der Waals surface area (Å²) in [6.45, 7) is -0.395. The van der Waals surface area contributed by atoms with Crippen molar-refractivity contribution >= 4 is 5.95 Å². The molecular formula is C12H18F2N4O. The summed E-state index contributed by atoms with van der Waals surface area (Å²) in [5, 5.41) is 0. The second-order valence-electron chi connectivity index (χ2n) is 4.67.